The number of nitrogens with zero attached hydrogens (tertiary/aromatic N) is 2. The second-order valence-corrected chi connectivity index (χ2v) is 7.72. The number of pyridine rings is 1. The Hall–Kier alpha value is -1.50. The molecule has 118 valence electrons. The van der Waals surface area contributed by atoms with Crippen molar-refractivity contribution in [1.29, 1.82) is 0 Å². The third kappa shape index (κ3) is 2.62. The highest BCUT2D eigenvalue weighted by Gasteiger charge is 2.36. The fraction of sp³-hybridized carbons (Fsp3) is 0.438. The summed E-state index contributed by atoms with van der Waals surface area (Å²) in [5.74, 6) is 0. The Balaban J connectivity index is 2.11. The van der Waals surface area contributed by atoms with Crippen LogP contribution in [0.5, 0.6) is 0 Å². The van der Waals surface area contributed by atoms with E-state index in [9.17, 15) is 8.42 Å². The van der Waals surface area contributed by atoms with E-state index in [1.807, 2.05) is 13.0 Å². The summed E-state index contributed by atoms with van der Waals surface area (Å²) in [5, 5.41) is 0.666. The predicted molar refractivity (Wildman–Crippen MR) is 86.9 cm³/mol. The summed E-state index contributed by atoms with van der Waals surface area (Å²) >= 11 is 0. The zero-order chi connectivity index (χ0) is 15.7. The normalized spacial score (nSPS) is 21.8. The van der Waals surface area contributed by atoms with E-state index >= 15 is 0 Å². The molecule has 0 radical (unpaired) electrons. The third-order valence-electron chi connectivity index (χ3n) is 4.30. The van der Waals surface area contributed by atoms with Crippen LogP contribution in [0.2, 0.25) is 0 Å². The minimum Gasteiger partial charge on any atom is -0.326 e. The van der Waals surface area contributed by atoms with Gasteiger partial charge < -0.3 is 5.73 Å². The summed E-state index contributed by atoms with van der Waals surface area (Å²) in [6.07, 6.45) is 4.39. The fourth-order valence-corrected chi connectivity index (χ4v) is 5.16. The number of aromatic nitrogens is 1. The van der Waals surface area contributed by atoms with E-state index in [2.05, 4.69) is 4.98 Å². The molecule has 0 bridgehead atoms. The van der Waals surface area contributed by atoms with Crippen molar-refractivity contribution in [3.05, 3.63) is 36.5 Å². The van der Waals surface area contributed by atoms with Gasteiger partial charge in [-0.1, -0.05) is 12.5 Å². The van der Waals surface area contributed by atoms with Crippen molar-refractivity contribution >= 4 is 20.9 Å². The first-order chi connectivity index (χ1) is 10.5. The van der Waals surface area contributed by atoms with Gasteiger partial charge in [0.05, 0.1) is 10.4 Å². The van der Waals surface area contributed by atoms with Gasteiger partial charge in [0, 0.05) is 30.2 Å². The monoisotopic (exact) mass is 319 g/mol. The summed E-state index contributed by atoms with van der Waals surface area (Å²) in [6.45, 7) is 2.41. The molecule has 5 nitrogen and oxygen atoms in total. The van der Waals surface area contributed by atoms with Crippen molar-refractivity contribution in [3.8, 4) is 0 Å². The van der Waals surface area contributed by atoms with E-state index in [-0.39, 0.29) is 12.1 Å². The Morgan fingerprint density at radius 3 is 2.86 bits per heavy atom. The van der Waals surface area contributed by atoms with Crippen molar-refractivity contribution in [2.45, 2.75) is 43.2 Å². The highest BCUT2D eigenvalue weighted by atomic mass is 32.2. The average molecular weight is 319 g/mol. The van der Waals surface area contributed by atoms with Gasteiger partial charge in [-0.15, -0.1) is 0 Å². The van der Waals surface area contributed by atoms with Crippen LogP contribution in [0.25, 0.3) is 10.9 Å². The quantitative estimate of drug-likeness (QED) is 0.940. The maximum atomic E-state index is 13.2. The van der Waals surface area contributed by atoms with Crippen molar-refractivity contribution in [2.75, 3.05) is 6.54 Å². The van der Waals surface area contributed by atoms with E-state index < -0.39 is 10.0 Å². The van der Waals surface area contributed by atoms with Gasteiger partial charge >= 0.3 is 0 Å². The molecule has 1 saturated heterocycles. The number of sulfonamides is 1. The van der Waals surface area contributed by atoms with Gasteiger partial charge in [-0.3, -0.25) is 4.98 Å². The Bertz CT molecular complexity index is 769. The molecule has 1 aromatic carbocycles. The molecule has 1 aromatic heterocycles. The molecule has 22 heavy (non-hydrogen) atoms. The molecule has 0 aliphatic carbocycles. The molecule has 2 atom stereocenters. The van der Waals surface area contributed by atoms with Gasteiger partial charge in [-0.05, 0) is 44.0 Å². The molecule has 2 N–H and O–H groups in total. The van der Waals surface area contributed by atoms with E-state index in [1.165, 1.54) is 0 Å². The Labute approximate surface area is 131 Å². The first kappa shape index (κ1) is 15.4. The molecule has 3 rings (SSSR count). The van der Waals surface area contributed by atoms with Crippen LogP contribution in [0.1, 0.15) is 26.2 Å². The lowest BCUT2D eigenvalue weighted by atomic mass is 10.00. The predicted octanol–water partition coefficient (Wildman–Crippen LogP) is 2.13. The number of rotatable bonds is 3. The highest BCUT2D eigenvalue weighted by molar-refractivity contribution is 7.89. The number of piperidine rings is 1. The molecule has 0 saturated carbocycles. The number of nitrogens with two attached hydrogens (primary N) is 1. The molecular formula is C16H21N3O2S. The zero-order valence-electron chi connectivity index (χ0n) is 12.6. The molecule has 2 aromatic rings. The summed E-state index contributed by atoms with van der Waals surface area (Å²) in [5.41, 5.74) is 6.72. The van der Waals surface area contributed by atoms with Crippen LogP contribution >= 0.6 is 0 Å². The van der Waals surface area contributed by atoms with E-state index in [1.54, 1.807) is 34.8 Å². The van der Waals surface area contributed by atoms with Gasteiger partial charge in [-0.25, -0.2) is 8.42 Å². The molecule has 0 amide bonds. The van der Waals surface area contributed by atoms with Crippen LogP contribution in [0.15, 0.2) is 41.4 Å². The zero-order valence-corrected chi connectivity index (χ0v) is 13.5. The van der Waals surface area contributed by atoms with Crippen LogP contribution < -0.4 is 5.73 Å². The minimum atomic E-state index is -3.57. The lowest BCUT2D eigenvalue weighted by molar-refractivity contribution is 0.227. The van der Waals surface area contributed by atoms with E-state index in [0.717, 1.165) is 19.3 Å². The summed E-state index contributed by atoms with van der Waals surface area (Å²) in [6, 6.07) is 8.49. The van der Waals surface area contributed by atoms with Crippen LogP contribution in [0.3, 0.4) is 0 Å². The topological polar surface area (TPSA) is 76.3 Å². The lowest BCUT2D eigenvalue weighted by Crippen LogP contribution is -2.51. The summed E-state index contributed by atoms with van der Waals surface area (Å²) < 4.78 is 27.9. The Morgan fingerprint density at radius 1 is 1.27 bits per heavy atom. The smallest absolute Gasteiger partial charge is 0.244 e. The number of benzene rings is 1. The van der Waals surface area contributed by atoms with E-state index in [4.69, 9.17) is 5.73 Å². The first-order valence-electron chi connectivity index (χ1n) is 7.63. The summed E-state index contributed by atoms with van der Waals surface area (Å²) in [4.78, 5) is 4.57. The first-order valence-corrected chi connectivity index (χ1v) is 9.07. The highest BCUT2D eigenvalue weighted by Crippen LogP contribution is 2.30. The molecule has 0 spiro atoms. The van der Waals surface area contributed by atoms with Gasteiger partial charge in [0.2, 0.25) is 10.0 Å². The second kappa shape index (κ2) is 5.95. The van der Waals surface area contributed by atoms with Crippen molar-refractivity contribution in [1.82, 2.24) is 9.29 Å². The minimum absolute atomic E-state index is 0.134. The van der Waals surface area contributed by atoms with Crippen molar-refractivity contribution in [2.24, 2.45) is 5.73 Å². The van der Waals surface area contributed by atoms with Crippen molar-refractivity contribution in [3.63, 3.8) is 0 Å². The van der Waals surface area contributed by atoms with Crippen LogP contribution in [-0.2, 0) is 10.0 Å². The third-order valence-corrected chi connectivity index (χ3v) is 6.28. The SMILES string of the molecule is C[C@@H](N)[C@H]1CCCCN1S(=O)(=O)c1cccc2ncccc12. The number of hydrogen-bond acceptors (Lipinski definition) is 4. The Morgan fingerprint density at radius 2 is 2.09 bits per heavy atom. The van der Waals surface area contributed by atoms with Crippen molar-refractivity contribution < 1.29 is 8.42 Å². The number of fused-ring (bicyclic) bond motifs is 1. The van der Waals surface area contributed by atoms with Crippen LogP contribution in [0, 0.1) is 0 Å². The molecule has 1 aliphatic heterocycles. The lowest BCUT2D eigenvalue weighted by Gasteiger charge is -2.37. The largest absolute Gasteiger partial charge is 0.326 e. The van der Waals surface area contributed by atoms with Gasteiger partial charge in [-0.2, -0.15) is 4.31 Å². The van der Waals surface area contributed by atoms with Crippen LogP contribution in [0.4, 0.5) is 0 Å². The second-order valence-electron chi connectivity index (χ2n) is 5.86. The fourth-order valence-electron chi connectivity index (χ4n) is 3.18. The molecule has 1 fully saturated rings. The summed E-state index contributed by atoms with van der Waals surface area (Å²) in [7, 11) is -3.57. The standard InChI is InChI=1S/C16H21N3O2S/c1-12(17)15-8-2-3-11-19(15)22(20,21)16-9-4-7-14-13(16)6-5-10-18-14/h4-7,9-10,12,15H,2-3,8,11,17H2,1H3/t12-,15-/m1/s1. The Kier molecular flexibility index (Phi) is 4.16. The maximum absolute atomic E-state index is 13.2. The van der Waals surface area contributed by atoms with Crippen LogP contribution in [-0.4, -0.2) is 36.3 Å². The maximum Gasteiger partial charge on any atom is 0.244 e. The average Bonchev–Trinajstić information content (AvgIpc) is 2.54. The van der Waals surface area contributed by atoms with Gasteiger partial charge in [0.25, 0.3) is 0 Å². The molecular weight excluding hydrogens is 298 g/mol. The molecule has 1 aliphatic rings. The van der Waals surface area contributed by atoms with Gasteiger partial charge in [0.1, 0.15) is 0 Å². The molecule has 0 unspecified atom stereocenters. The van der Waals surface area contributed by atoms with E-state index in [0.29, 0.717) is 22.3 Å². The van der Waals surface area contributed by atoms with Gasteiger partial charge in [0.15, 0.2) is 0 Å². The number of hydrogen-bond donors (Lipinski definition) is 1. The molecule has 2 heterocycles. The molecule has 6 heteroatoms.